The van der Waals surface area contributed by atoms with Gasteiger partial charge in [0.1, 0.15) is 0 Å². The van der Waals surface area contributed by atoms with E-state index in [0.717, 1.165) is 0 Å². The third kappa shape index (κ3) is 379. The summed E-state index contributed by atoms with van der Waals surface area (Å²) >= 11 is 0. The summed E-state index contributed by atoms with van der Waals surface area (Å²) in [7, 11) is -4.67. The first-order valence-corrected chi connectivity index (χ1v) is 2.10. The summed E-state index contributed by atoms with van der Waals surface area (Å²) in [6, 6.07) is 0. The van der Waals surface area contributed by atoms with Crippen LogP contribution in [0.3, 0.4) is 0 Å². The van der Waals surface area contributed by atoms with Crippen LogP contribution in [0.15, 0.2) is 0 Å². The van der Waals surface area contributed by atoms with Crippen molar-refractivity contribution in [2.24, 2.45) is 0 Å². The Morgan fingerprint density at radius 3 is 0.667 bits per heavy atom. The number of hydrogen-bond acceptors (Lipinski definition) is 2. The quantitative estimate of drug-likeness (QED) is 0.322. The molecule has 0 aliphatic rings. The van der Waals surface area contributed by atoms with Gasteiger partial charge in [-0.15, -0.1) is 0 Å². The van der Waals surface area contributed by atoms with Crippen molar-refractivity contribution in [3.8, 4) is 0 Å². The molecule has 0 aliphatic heterocycles. The molecule has 0 aliphatic carbocycles. The smallest absolute Gasteiger partial charge is 0.316 e. The molecule has 0 spiro atoms. The normalized spacial score (nSPS) is 3.87. The summed E-state index contributed by atoms with van der Waals surface area (Å²) in [6.07, 6.45) is 0. The molecule has 0 radical (unpaired) electrons. The van der Waals surface area contributed by atoms with Gasteiger partial charge in [-0.1, -0.05) is 0 Å². The van der Waals surface area contributed by atoms with Crippen LogP contribution in [0.5, 0.6) is 0 Å². The molecule has 0 bridgehead atoms. The number of rotatable bonds is 0. The molecule has 98 valence electrons. The Kier molecular flexibility index (Phi) is 367. The minimum absolute atomic E-state index is 0. The fraction of sp³-hybridized carbons (Fsp3) is 0. The van der Waals surface area contributed by atoms with Crippen LogP contribution in [0.4, 0.5) is 0 Å². The molecule has 11 nitrogen and oxygen atoms in total. The zero-order chi connectivity index (χ0) is 4.50. The van der Waals surface area contributed by atoms with Crippen molar-refractivity contribution in [2.45, 2.75) is 0 Å². The summed E-state index contributed by atoms with van der Waals surface area (Å²) in [5.74, 6) is 0. The van der Waals surface area contributed by atoms with Crippen LogP contribution in [0.2, 0.25) is 0 Å². The van der Waals surface area contributed by atoms with E-state index >= 15 is 0 Å². The van der Waals surface area contributed by atoms with Crippen LogP contribution in [-0.2, 0) is 10.4 Å². The monoisotopic (exact) mass is 332 g/mol. The fourth-order valence-corrected chi connectivity index (χ4v) is 0. The van der Waals surface area contributed by atoms with Crippen molar-refractivity contribution in [3.63, 3.8) is 0 Å². The van der Waals surface area contributed by atoms with E-state index in [0.29, 0.717) is 0 Å². The molecule has 0 aromatic carbocycles. The largest absolute Gasteiger partial charge is 0.316 e. The van der Waals surface area contributed by atoms with Gasteiger partial charge >= 0.3 is 123 Å². The van der Waals surface area contributed by atoms with Gasteiger partial charge in [0.25, 0.3) is 0 Å². The predicted molar refractivity (Wildman–Crippen MR) is 63.7 cm³/mol. The van der Waals surface area contributed by atoms with Crippen LogP contribution in [0.25, 0.3) is 0 Å². The van der Waals surface area contributed by atoms with Crippen molar-refractivity contribution >= 4 is 123 Å². The van der Waals surface area contributed by atoms with Crippen LogP contribution >= 0.6 is 0 Å². The van der Waals surface area contributed by atoms with Gasteiger partial charge in [0.15, 0.2) is 0 Å². The minimum atomic E-state index is -4.67. The number of hydrogen-bond donors (Lipinski definition) is 2. The summed E-state index contributed by atoms with van der Waals surface area (Å²) in [6.45, 7) is 0. The van der Waals surface area contributed by atoms with E-state index in [-0.39, 0.29) is 151 Å². The molecule has 0 amide bonds. The van der Waals surface area contributed by atoms with Crippen LogP contribution in [0, 0.1) is 0 Å². The molecule has 15 heteroatoms. The van der Waals surface area contributed by atoms with Gasteiger partial charge in [-0.2, -0.15) is 8.42 Å². The fourth-order valence-electron chi connectivity index (χ4n) is 0. The first kappa shape index (κ1) is 103. The van der Waals surface area contributed by atoms with Crippen molar-refractivity contribution < 1.29 is 55.9 Å². The molecule has 0 heterocycles. The van der Waals surface area contributed by atoms with Gasteiger partial charge in [0.2, 0.25) is 0 Å². The third-order valence-electron chi connectivity index (χ3n) is 0. The van der Waals surface area contributed by atoms with E-state index in [4.69, 9.17) is 17.5 Å². The Morgan fingerprint density at radius 2 is 0.667 bits per heavy atom. The second kappa shape index (κ2) is 53.2. The molecule has 15 heavy (non-hydrogen) atoms. The Labute approximate surface area is 175 Å². The summed E-state index contributed by atoms with van der Waals surface area (Å²) < 4.78 is 31.6. The van der Waals surface area contributed by atoms with E-state index in [1.165, 1.54) is 0 Å². The molecule has 0 saturated heterocycles. The maximum absolute atomic E-state index is 8.74. The Balaban J connectivity index is -0.00000000178. The molecule has 0 aromatic rings. The average molecular weight is 333 g/mol. The molecule has 0 fully saturated rings. The zero-order valence-electron chi connectivity index (χ0n) is 5.62. The van der Waals surface area contributed by atoms with E-state index in [9.17, 15) is 0 Å². The molecule has 16 N–H and O–H groups in total. The van der Waals surface area contributed by atoms with Gasteiger partial charge < -0.3 is 38.3 Å². The summed E-state index contributed by atoms with van der Waals surface area (Å²) in [5, 5.41) is 0. The Morgan fingerprint density at radius 1 is 0.667 bits per heavy atom. The maximum Gasteiger partial charge on any atom is 0.316 e. The molecular weight excluding hydrogens is 312 g/mol. The van der Waals surface area contributed by atoms with Gasteiger partial charge in [-0.3, -0.25) is 9.11 Å². The summed E-state index contributed by atoms with van der Waals surface area (Å²) in [5.41, 5.74) is 0. The second-order valence-corrected chi connectivity index (χ2v) is 1.34. The molecule has 0 unspecified atom stereocenters. The predicted octanol–water partition coefficient (Wildman–Crippen LogP) is -8.91. The van der Waals surface area contributed by atoms with Crippen LogP contribution < -0.4 is 0 Å². The molecular formula is H21CaKMgO11S. The molecule has 0 aromatic heterocycles. The van der Waals surface area contributed by atoms with E-state index in [2.05, 4.69) is 0 Å². The zero-order valence-corrected chi connectivity index (χ0v) is 6.44. The maximum atomic E-state index is 8.74. The second-order valence-electron chi connectivity index (χ2n) is 0.448. The van der Waals surface area contributed by atoms with Crippen LogP contribution in [-0.4, -0.2) is 168 Å². The first-order chi connectivity index (χ1) is 2.00. The van der Waals surface area contributed by atoms with Crippen molar-refractivity contribution in [1.82, 2.24) is 0 Å². The first-order valence-electron chi connectivity index (χ1n) is 0.698. The van der Waals surface area contributed by atoms with Gasteiger partial charge in [0.05, 0.1) is 0 Å². The van der Waals surface area contributed by atoms with Crippen LogP contribution in [0.1, 0.15) is 0 Å². The SMILES string of the molecule is O.O.O.O.O.O.O.O=S(=O)(O)O.[CaH2].[KH].[MgH2]. The van der Waals surface area contributed by atoms with E-state index in [1.807, 2.05) is 0 Å². The third-order valence-corrected chi connectivity index (χ3v) is 0. The topological polar surface area (TPSA) is 295 Å². The summed E-state index contributed by atoms with van der Waals surface area (Å²) in [4.78, 5) is 0. The Bertz CT molecular complexity index is 104. The van der Waals surface area contributed by atoms with E-state index in [1.54, 1.807) is 0 Å². The average Bonchev–Trinajstić information content (AvgIpc) is 0.722. The molecule has 0 saturated carbocycles. The molecule has 0 rings (SSSR count). The van der Waals surface area contributed by atoms with Crippen molar-refractivity contribution in [1.29, 1.82) is 0 Å². The molecule has 0 atom stereocenters. The van der Waals surface area contributed by atoms with Gasteiger partial charge in [-0.05, 0) is 0 Å². The van der Waals surface area contributed by atoms with E-state index < -0.39 is 10.4 Å². The Hall–Kier alpha value is 3.25. The van der Waals surface area contributed by atoms with Gasteiger partial charge in [0, 0.05) is 0 Å². The van der Waals surface area contributed by atoms with Crippen molar-refractivity contribution in [2.75, 3.05) is 0 Å². The standard InChI is InChI=1S/Ca.K.Mg.H2O4S.7H2O.5H/c;;;1-5(2,3)4;;;;;;;;;;;;/h;;;(H2,1,2,3,4);7*1H2;;;;;. The van der Waals surface area contributed by atoms with Gasteiger partial charge in [-0.25, -0.2) is 0 Å². The minimum Gasteiger partial charge on any atom is 0.316 e. The van der Waals surface area contributed by atoms with Crippen molar-refractivity contribution in [3.05, 3.63) is 0 Å².